The molecule has 1 aliphatic heterocycles. The van der Waals surface area contributed by atoms with Gasteiger partial charge in [0.25, 0.3) is 5.91 Å². The maximum absolute atomic E-state index is 13.1. The van der Waals surface area contributed by atoms with E-state index < -0.39 is 0 Å². The molecule has 0 radical (unpaired) electrons. The summed E-state index contributed by atoms with van der Waals surface area (Å²) in [7, 11) is 3.16. The van der Waals surface area contributed by atoms with Crippen LogP contribution in [0.4, 0.5) is 5.69 Å². The highest BCUT2D eigenvalue weighted by Crippen LogP contribution is 2.35. The molecule has 146 valence electrons. The molecule has 0 N–H and O–H groups in total. The summed E-state index contributed by atoms with van der Waals surface area (Å²) in [6.07, 6.45) is 1.77. The lowest BCUT2D eigenvalue weighted by Gasteiger charge is -2.19. The highest BCUT2D eigenvalue weighted by atomic mass is 35.5. The van der Waals surface area contributed by atoms with Gasteiger partial charge >= 0.3 is 0 Å². The third kappa shape index (κ3) is 4.34. The van der Waals surface area contributed by atoms with Crippen molar-refractivity contribution in [2.45, 2.75) is 19.1 Å². The van der Waals surface area contributed by atoms with Crippen LogP contribution in [-0.4, -0.2) is 30.5 Å². The van der Waals surface area contributed by atoms with Crippen molar-refractivity contribution in [1.29, 1.82) is 0 Å². The summed E-state index contributed by atoms with van der Waals surface area (Å²) in [6.45, 7) is 4.12. The summed E-state index contributed by atoms with van der Waals surface area (Å²) in [5.41, 5.74) is 1.91. The number of halogens is 1. The minimum absolute atomic E-state index is 0.191. The molecule has 3 rings (SSSR count). The van der Waals surface area contributed by atoms with Gasteiger partial charge in [0.05, 0.1) is 24.9 Å². The molecular weight excluding hydrogens is 396 g/mol. The normalized spacial score (nSPS) is 15.4. The van der Waals surface area contributed by atoms with Gasteiger partial charge in [-0.25, -0.2) is 4.99 Å². The summed E-state index contributed by atoms with van der Waals surface area (Å²) in [5.74, 6) is 1.08. The molecule has 0 saturated heterocycles. The molecule has 0 aliphatic carbocycles. The van der Waals surface area contributed by atoms with E-state index in [4.69, 9.17) is 21.1 Å². The van der Waals surface area contributed by atoms with Crippen LogP contribution in [0.1, 0.15) is 19.4 Å². The minimum Gasteiger partial charge on any atom is -0.497 e. The van der Waals surface area contributed by atoms with E-state index >= 15 is 0 Å². The number of rotatable bonds is 5. The summed E-state index contributed by atoms with van der Waals surface area (Å²) < 4.78 is 10.5. The number of nitrogens with zero attached hydrogens (tertiary/aromatic N) is 2. The Morgan fingerprint density at radius 2 is 1.82 bits per heavy atom. The van der Waals surface area contributed by atoms with Crippen LogP contribution in [0.15, 0.2) is 53.2 Å². The Bertz CT molecular complexity index is 939. The molecule has 0 fully saturated rings. The second kappa shape index (κ2) is 8.71. The van der Waals surface area contributed by atoms with Gasteiger partial charge in [-0.3, -0.25) is 9.69 Å². The van der Waals surface area contributed by atoms with E-state index in [1.807, 2.05) is 24.3 Å². The summed E-state index contributed by atoms with van der Waals surface area (Å²) in [4.78, 5) is 19.3. The molecule has 0 unspecified atom stereocenters. The number of amidine groups is 1. The molecule has 1 aliphatic rings. The molecular formula is C21H21ClN2O3S. The van der Waals surface area contributed by atoms with Crippen LogP contribution in [0, 0.1) is 0 Å². The number of methoxy groups -OCH3 is 2. The van der Waals surface area contributed by atoms with E-state index in [2.05, 4.69) is 18.8 Å². The monoisotopic (exact) mass is 416 g/mol. The Hall–Kier alpha value is -2.44. The maximum atomic E-state index is 13.1. The Morgan fingerprint density at radius 3 is 2.43 bits per heavy atom. The van der Waals surface area contributed by atoms with Crippen molar-refractivity contribution in [3.05, 3.63) is 58.7 Å². The highest BCUT2D eigenvalue weighted by molar-refractivity contribution is 8.14. The van der Waals surface area contributed by atoms with Gasteiger partial charge in [0.2, 0.25) is 0 Å². The van der Waals surface area contributed by atoms with Crippen LogP contribution in [0.2, 0.25) is 5.02 Å². The number of hydrogen-bond donors (Lipinski definition) is 0. The quantitative estimate of drug-likeness (QED) is 0.625. The zero-order valence-electron chi connectivity index (χ0n) is 16.1. The fourth-order valence-electron chi connectivity index (χ4n) is 2.66. The smallest absolute Gasteiger partial charge is 0.283 e. The van der Waals surface area contributed by atoms with Crippen LogP contribution in [0.5, 0.6) is 11.5 Å². The maximum Gasteiger partial charge on any atom is 0.283 e. The van der Waals surface area contributed by atoms with Crippen molar-refractivity contribution < 1.29 is 14.3 Å². The van der Waals surface area contributed by atoms with Gasteiger partial charge in [-0.05, 0) is 35.9 Å². The molecule has 5 nitrogen and oxygen atoms in total. The molecule has 0 saturated carbocycles. The van der Waals surface area contributed by atoms with Crippen LogP contribution in [0.25, 0.3) is 6.08 Å². The SMILES string of the molecule is COc1ccc(/C=C2\N=C(SC(C)C)N(c3ccc(Cl)c(OC)c3)C2=O)cc1. The van der Waals surface area contributed by atoms with E-state index in [0.717, 1.165) is 11.3 Å². The number of aliphatic imine (C=N–C) groups is 1. The number of carbonyl (C=O) groups excluding carboxylic acids is 1. The standard InChI is InChI=1S/C21H21ClN2O3S/c1-13(2)28-21-23-18(11-14-5-8-16(26-3)9-6-14)20(25)24(21)15-7-10-17(22)19(12-15)27-4/h5-13H,1-4H3/b18-11-. The first-order valence-corrected chi connectivity index (χ1v) is 9.97. The molecule has 0 aromatic heterocycles. The predicted octanol–water partition coefficient (Wildman–Crippen LogP) is 5.24. The number of anilines is 1. The first-order valence-electron chi connectivity index (χ1n) is 8.72. The third-order valence-electron chi connectivity index (χ3n) is 3.98. The molecule has 7 heteroatoms. The largest absolute Gasteiger partial charge is 0.497 e. The van der Waals surface area contributed by atoms with Gasteiger partial charge in [0, 0.05) is 11.3 Å². The fraction of sp³-hybridized carbons (Fsp3) is 0.238. The molecule has 0 bridgehead atoms. The lowest BCUT2D eigenvalue weighted by atomic mass is 10.2. The number of amides is 1. The number of thioether (sulfide) groups is 1. The highest BCUT2D eigenvalue weighted by Gasteiger charge is 2.33. The molecule has 28 heavy (non-hydrogen) atoms. The second-order valence-corrected chi connectivity index (χ2v) is 8.27. The molecule has 2 aromatic rings. The fourth-order valence-corrected chi connectivity index (χ4v) is 3.72. The zero-order chi connectivity index (χ0) is 20.3. The van der Waals surface area contributed by atoms with Crippen molar-refractivity contribution in [2.24, 2.45) is 4.99 Å². The topological polar surface area (TPSA) is 51.1 Å². The Morgan fingerprint density at radius 1 is 1.11 bits per heavy atom. The lowest BCUT2D eigenvalue weighted by Crippen LogP contribution is -2.31. The second-order valence-electron chi connectivity index (χ2n) is 6.32. The molecule has 2 aromatic carbocycles. The number of hydrogen-bond acceptors (Lipinski definition) is 5. The average molecular weight is 417 g/mol. The average Bonchev–Trinajstić information content (AvgIpc) is 2.97. The third-order valence-corrected chi connectivity index (χ3v) is 5.25. The van der Waals surface area contributed by atoms with E-state index in [-0.39, 0.29) is 11.2 Å². The van der Waals surface area contributed by atoms with Crippen molar-refractivity contribution >= 4 is 46.2 Å². The number of ether oxygens (including phenoxy) is 2. The molecule has 1 heterocycles. The van der Waals surface area contributed by atoms with Gasteiger partial charge in [0.15, 0.2) is 5.17 Å². The van der Waals surface area contributed by atoms with E-state index in [0.29, 0.717) is 27.3 Å². The van der Waals surface area contributed by atoms with E-state index in [1.54, 1.807) is 43.4 Å². The first-order chi connectivity index (χ1) is 13.4. The zero-order valence-corrected chi connectivity index (χ0v) is 17.7. The van der Waals surface area contributed by atoms with Crippen LogP contribution >= 0.6 is 23.4 Å². The van der Waals surface area contributed by atoms with E-state index in [9.17, 15) is 4.79 Å². The number of carbonyl (C=O) groups is 1. The van der Waals surface area contributed by atoms with Gasteiger partial charge in [-0.15, -0.1) is 0 Å². The van der Waals surface area contributed by atoms with Crippen molar-refractivity contribution in [3.63, 3.8) is 0 Å². The number of benzene rings is 2. The van der Waals surface area contributed by atoms with Crippen LogP contribution in [-0.2, 0) is 4.79 Å². The Labute approximate surface area is 174 Å². The van der Waals surface area contributed by atoms with Crippen molar-refractivity contribution in [1.82, 2.24) is 0 Å². The Kier molecular flexibility index (Phi) is 6.31. The lowest BCUT2D eigenvalue weighted by molar-refractivity contribution is -0.113. The predicted molar refractivity (Wildman–Crippen MR) is 117 cm³/mol. The molecule has 0 atom stereocenters. The van der Waals surface area contributed by atoms with Crippen molar-refractivity contribution in [3.8, 4) is 11.5 Å². The summed E-state index contributed by atoms with van der Waals surface area (Å²) in [5, 5.41) is 1.38. The molecule has 1 amide bonds. The molecule has 0 spiro atoms. The van der Waals surface area contributed by atoms with Crippen molar-refractivity contribution in [2.75, 3.05) is 19.1 Å². The minimum atomic E-state index is -0.191. The van der Waals surface area contributed by atoms with Gasteiger partial charge in [-0.2, -0.15) is 0 Å². The first kappa shape index (κ1) is 20.3. The van der Waals surface area contributed by atoms with Crippen LogP contribution < -0.4 is 14.4 Å². The summed E-state index contributed by atoms with van der Waals surface area (Å²) >= 11 is 7.66. The van der Waals surface area contributed by atoms with E-state index in [1.165, 1.54) is 11.8 Å². The van der Waals surface area contributed by atoms with Gasteiger partial charge < -0.3 is 9.47 Å². The van der Waals surface area contributed by atoms with Gasteiger partial charge in [0.1, 0.15) is 17.2 Å². The van der Waals surface area contributed by atoms with Gasteiger partial charge in [-0.1, -0.05) is 49.3 Å². The summed E-state index contributed by atoms with van der Waals surface area (Å²) in [6, 6.07) is 12.7. The van der Waals surface area contributed by atoms with Crippen LogP contribution in [0.3, 0.4) is 0 Å². The Balaban J connectivity index is 1.99.